The summed E-state index contributed by atoms with van der Waals surface area (Å²) in [7, 11) is 4.31. The van der Waals surface area contributed by atoms with Crippen molar-refractivity contribution < 1.29 is 4.79 Å². The van der Waals surface area contributed by atoms with E-state index < -0.39 is 0 Å². The molecule has 0 aromatic carbocycles. The number of rotatable bonds is 6. The highest BCUT2D eigenvalue weighted by Gasteiger charge is 2.27. The molecule has 0 spiro atoms. The summed E-state index contributed by atoms with van der Waals surface area (Å²) in [5, 5.41) is 4.89. The zero-order valence-corrected chi connectivity index (χ0v) is 21.0. The molecular formula is C23H35ClN4O2S. The average Bonchev–Trinajstić information content (AvgIpc) is 3.08. The molecular weight excluding hydrogens is 432 g/mol. The molecule has 0 bridgehead atoms. The number of nitrogens with one attached hydrogen (secondary N) is 2. The van der Waals surface area contributed by atoms with Gasteiger partial charge in [-0.2, -0.15) is 0 Å². The Kier molecular flexibility index (Phi) is 8.89. The Hall–Kier alpha value is -1.67. The minimum atomic E-state index is -0.134. The lowest BCUT2D eigenvalue weighted by Crippen LogP contribution is -2.42. The third-order valence-electron chi connectivity index (χ3n) is 6.40. The molecule has 31 heavy (non-hydrogen) atoms. The molecule has 1 aliphatic heterocycles. The number of carbonyl (C=O) groups is 1. The van der Waals surface area contributed by atoms with Crippen LogP contribution in [0.4, 0.5) is 0 Å². The first-order valence-electron chi connectivity index (χ1n) is 10.6. The molecule has 0 saturated carbocycles. The zero-order chi connectivity index (χ0) is 22.0. The number of hydrogen-bond acceptors (Lipinski definition) is 5. The molecule has 3 heterocycles. The smallest absolute Gasteiger partial charge is 0.253 e. The number of hydrogen-bond donors (Lipinski definition) is 2. The zero-order valence-electron chi connectivity index (χ0n) is 19.4. The second kappa shape index (κ2) is 10.8. The lowest BCUT2D eigenvalue weighted by molar-refractivity contribution is 0.0950. The van der Waals surface area contributed by atoms with E-state index in [4.69, 9.17) is 0 Å². The summed E-state index contributed by atoms with van der Waals surface area (Å²) < 4.78 is 0. The summed E-state index contributed by atoms with van der Waals surface area (Å²) in [6.07, 6.45) is 2.36. The number of aryl methyl sites for hydroxylation is 2. The van der Waals surface area contributed by atoms with Gasteiger partial charge in [0, 0.05) is 53.2 Å². The van der Waals surface area contributed by atoms with E-state index in [0.717, 1.165) is 29.9 Å². The topological polar surface area (TPSA) is 68.4 Å². The van der Waals surface area contributed by atoms with E-state index in [9.17, 15) is 9.59 Å². The number of pyridine rings is 1. The van der Waals surface area contributed by atoms with E-state index in [0.29, 0.717) is 23.2 Å². The van der Waals surface area contributed by atoms with Crippen molar-refractivity contribution in [1.82, 2.24) is 20.1 Å². The van der Waals surface area contributed by atoms with Crippen LogP contribution in [0.5, 0.6) is 0 Å². The molecule has 2 aromatic heterocycles. The van der Waals surface area contributed by atoms with Gasteiger partial charge in [0.1, 0.15) is 0 Å². The summed E-state index contributed by atoms with van der Waals surface area (Å²) in [5.74, 6) is -0.118. The molecule has 1 atom stereocenters. The number of amides is 1. The second-order valence-electron chi connectivity index (χ2n) is 8.67. The molecule has 1 aliphatic rings. The van der Waals surface area contributed by atoms with Crippen LogP contribution in [-0.2, 0) is 6.54 Å². The Morgan fingerprint density at radius 3 is 2.52 bits per heavy atom. The SMILES string of the molecule is Cc1cc(C)c(CNC(=O)c2csc(C(C)N3CCC(N(C)C)CC3)c2C)c(=O)[nH]1.Cl. The van der Waals surface area contributed by atoms with Crippen LogP contribution in [0.1, 0.15) is 63.4 Å². The molecule has 1 saturated heterocycles. The number of carbonyl (C=O) groups excluding carboxylic acids is 1. The number of nitrogens with zero attached hydrogens (tertiary/aromatic N) is 2. The van der Waals surface area contributed by atoms with Crippen molar-refractivity contribution in [2.45, 2.75) is 59.2 Å². The van der Waals surface area contributed by atoms with E-state index in [1.54, 1.807) is 11.3 Å². The van der Waals surface area contributed by atoms with Crippen LogP contribution < -0.4 is 10.9 Å². The van der Waals surface area contributed by atoms with Gasteiger partial charge in [-0.1, -0.05) is 0 Å². The van der Waals surface area contributed by atoms with Gasteiger partial charge in [-0.05, 0) is 71.8 Å². The van der Waals surface area contributed by atoms with Gasteiger partial charge in [-0.15, -0.1) is 23.7 Å². The molecule has 0 radical (unpaired) electrons. The maximum atomic E-state index is 12.8. The van der Waals surface area contributed by atoms with E-state index in [2.05, 4.69) is 41.1 Å². The van der Waals surface area contributed by atoms with Crippen molar-refractivity contribution in [1.29, 1.82) is 0 Å². The van der Waals surface area contributed by atoms with Gasteiger partial charge >= 0.3 is 0 Å². The van der Waals surface area contributed by atoms with Gasteiger partial charge < -0.3 is 15.2 Å². The lowest BCUT2D eigenvalue weighted by Gasteiger charge is -2.38. The summed E-state index contributed by atoms with van der Waals surface area (Å²) in [5.41, 5.74) is 3.97. The van der Waals surface area contributed by atoms with Crippen molar-refractivity contribution in [3.63, 3.8) is 0 Å². The molecule has 1 fully saturated rings. The van der Waals surface area contributed by atoms with Gasteiger partial charge in [-0.3, -0.25) is 14.5 Å². The molecule has 1 unspecified atom stereocenters. The molecule has 8 heteroatoms. The number of halogens is 1. The van der Waals surface area contributed by atoms with Gasteiger partial charge in [0.2, 0.25) is 0 Å². The number of H-pyrrole nitrogens is 1. The van der Waals surface area contributed by atoms with Crippen molar-refractivity contribution in [2.24, 2.45) is 0 Å². The van der Waals surface area contributed by atoms with Crippen molar-refractivity contribution in [3.8, 4) is 0 Å². The number of likely N-dealkylation sites (tertiary alicyclic amines) is 1. The van der Waals surface area contributed by atoms with Gasteiger partial charge in [-0.25, -0.2) is 0 Å². The van der Waals surface area contributed by atoms with E-state index >= 15 is 0 Å². The fourth-order valence-corrected chi connectivity index (χ4v) is 5.55. The number of thiophene rings is 1. The normalized spacial score (nSPS) is 16.2. The summed E-state index contributed by atoms with van der Waals surface area (Å²) in [4.78, 5) is 33.9. The van der Waals surface area contributed by atoms with Crippen LogP contribution >= 0.6 is 23.7 Å². The van der Waals surface area contributed by atoms with E-state index in [-0.39, 0.29) is 30.4 Å². The molecule has 6 nitrogen and oxygen atoms in total. The van der Waals surface area contributed by atoms with Crippen LogP contribution in [-0.4, -0.2) is 53.9 Å². The lowest BCUT2D eigenvalue weighted by atomic mass is 10.0. The number of piperidine rings is 1. The minimum Gasteiger partial charge on any atom is -0.348 e. The molecule has 1 amide bonds. The van der Waals surface area contributed by atoms with Gasteiger partial charge in [0.15, 0.2) is 0 Å². The summed E-state index contributed by atoms with van der Waals surface area (Å²) in [6, 6.07) is 2.90. The Balaban J connectivity index is 0.00000341. The first-order valence-corrected chi connectivity index (χ1v) is 11.5. The van der Waals surface area contributed by atoms with Crippen molar-refractivity contribution >= 4 is 29.7 Å². The van der Waals surface area contributed by atoms with Crippen LogP contribution in [0.2, 0.25) is 0 Å². The highest BCUT2D eigenvalue weighted by molar-refractivity contribution is 7.10. The van der Waals surface area contributed by atoms with E-state index in [1.165, 1.54) is 17.7 Å². The number of aromatic nitrogens is 1. The summed E-state index contributed by atoms with van der Waals surface area (Å²) in [6.45, 7) is 10.4. The fraction of sp³-hybridized carbons (Fsp3) is 0.565. The van der Waals surface area contributed by atoms with E-state index in [1.807, 2.05) is 32.2 Å². The molecule has 3 rings (SSSR count). The maximum Gasteiger partial charge on any atom is 0.253 e. The Morgan fingerprint density at radius 2 is 1.94 bits per heavy atom. The highest BCUT2D eigenvalue weighted by Crippen LogP contribution is 2.33. The monoisotopic (exact) mass is 466 g/mol. The standard InChI is InChI=1S/C23H34N4O2S.ClH/c1-14-11-15(2)25-23(29)19(14)12-24-22(28)20-13-30-21(16(20)3)17(4)27-9-7-18(8-10-27)26(5)6;/h11,13,17-18H,7-10,12H2,1-6H3,(H,24,28)(H,25,29);1H. The predicted molar refractivity (Wildman–Crippen MR) is 131 cm³/mol. The largest absolute Gasteiger partial charge is 0.348 e. The van der Waals surface area contributed by atoms with Crippen LogP contribution in [0.3, 0.4) is 0 Å². The minimum absolute atomic E-state index is 0. The van der Waals surface area contributed by atoms with Crippen molar-refractivity contribution in [2.75, 3.05) is 27.2 Å². The summed E-state index contributed by atoms with van der Waals surface area (Å²) >= 11 is 1.66. The Labute approximate surface area is 195 Å². The Bertz CT molecular complexity index is 961. The van der Waals surface area contributed by atoms with Gasteiger partial charge in [0.25, 0.3) is 11.5 Å². The quantitative estimate of drug-likeness (QED) is 0.679. The molecule has 172 valence electrons. The van der Waals surface area contributed by atoms with Crippen molar-refractivity contribution in [3.05, 3.63) is 54.6 Å². The predicted octanol–water partition coefficient (Wildman–Crippen LogP) is 3.80. The molecule has 2 N–H and O–H groups in total. The third kappa shape index (κ3) is 5.77. The molecule has 2 aromatic rings. The fourth-order valence-electron chi connectivity index (χ4n) is 4.39. The molecule has 0 aliphatic carbocycles. The first kappa shape index (κ1) is 25.6. The average molecular weight is 467 g/mol. The Morgan fingerprint density at radius 1 is 1.29 bits per heavy atom. The van der Waals surface area contributed by atoms with Gasteiger partial charge in [0.05, 0.1) is 5.56 Å². The third-order valence-corrected chi connectivity index (χ3v) is 7.65. The van der Waals surface area contributed by atoms with Crippen LogP contribution in [0, 0.1) is 20.8 Å². The highest BCUT2D eigenvalue weighted by atomic mass is 35.5. The second-order valence-corrected chi connectivity index (χ2v) is 9.58. The van der Waals surface area contributed by atoms with Crippen LogP contribution in [0.15, 0.2) is 16.2 Å². The maximum absolute atomic E-state index is 12.8. The first-order chi connectivity index (χ1) is 14.2. The van der Waals surface area contributed by atoms with Crippen LogP contribution in [0.25, 0.3) is 0 Å². The number of aromatic amines is 1.